The number of hydrogen-bond acceptors (Lipinski definition) is 3. The van der Waals surface area contributed by atoms with Crippen LogP contribution in [0.3, 0.4) is 0 Å². The van der Waals surface area contributed by atoms with Crippen molar-refractivity contribution in [3.63, 3.8) is 0 Å². The molecular formula is C12H14BrNO3. The first-order chi connectivity index (χ1) is 8.13. The summed E-state index contributed by atoms with van der Waals surface area (Å²) in [6, 6.07) is 7.06. The molecule has 1 rings (SSSR count). The average Bonchev–Trinajstić information content (AvgIpc) is 2.29. The molecule has 1 N–H and O–H groups in total. The quantitative estimate of drug-likeness (QED) is 0.848. The largest absolute Gasteiger partial charge is 0.466 e. The molecule has 1 amide bonds. The Morgan fingerprint density at radius 3 is 2.82 bits per heavy atom. The van der Waals surface area contributed by atoms with E-state index >= 15 is 0 Å². The van der Waals surface area contributed by atoms with E-state index in [0.717, 1.165) is 4.47 Å². The van der Waals surface area contributed by atoms with Crippen LogP contribution in [0.5, 0.6) is 0 Å². The molecule has 0 aliphatic rings. The molecule has 0 bridgehead atoms. The minimum absolute atomic E-state index is 0.188. The molecule has 0 radical (unpaired) electrons. The van der Waals surface area contributed by atoms with Crippen LogP contribution in [0.4, 0.5) is 0 Å². The average molecular weight is 300 g/mol. The number of benzene rings is 1. The summed E-state index contributed by atoms with van der Waals surface area (Å²) in [5.41, 5.74) is 0.559. The summed E-state index contributed by atoms with van der Waals surface area (Å²) in [4.78, 5) is 22.7. The highest BCUT2D eigenvalue weighted by Gasteiger charge is 2.06. The number of hydrogen-bond donors (Lipinski definition) is 1. The molecule has 0 heterocycles. The lowest BCUT2D eigenvalue weighted by atomic mass is 10.2. The van der Waals surface area contributed by atoms with Gasteiger partial charge in [-0.25, -0.2) is 0 Å². The highest BCUT2D eigenvalue weighted by Crippen LogP contribution is 2.11. The number of amides is 1. The van der Waals surface area contributed by atoms with E-state index < -0.39 is 0 Å². The van der Waals surface area contributed by atoms with Crippen molar-refractivity contribution >= 4 is 27.8 Å². The van der Waals surface area contributed by atoms with Crippen LogP contribution in [0.15, 0.2) is 28.7 Å². The Hall–Kier alpha value is -1.36. The van der Waals surface area contributed by atoms with Gasteiger partial charge in [0.15, 0.2) is 0 Å². The number of carbonyl (C=O) groups excluding carboxylic acids is 2. The van der Waals surface area contributed by atoms with Crippen LogP contribution in [-0.4, -0.2) is 25.0 Å². The Bertz CT molecular complexity index is 406. The molecule has 0 unspecified atom stereocenters. The van der Waals surface area contributed by atoms with E-state index in [1.165, 1.54) is 0 Å². The fourth-order valence-electron chi connectivity index (χ4n) is 1.24. The maximum atomic E-state index is 11.7. The van der Waals surface area contributed by atoms with Crippen LogP contribution in [0, 0.1) is 0 Å². The fraction of sp³-hybridized carbons (Fsp3) is 0.333. The molecule has 0 aliphatic carbocycles. The van der Waals surface area contributed by atoms with Gasteiger partial charge < -0.3 is 10.1 Å². The first kappa shape index (κ1) is 13.7. The lowest BCUT2D eigenvalue weighted by Crippen LogP contribution is -2.26. The van der Waals surface area contributed by atoms with E-state index in [4.69, 9.17) is 4.74 Å². The van der Waals surface area contributed by atoms with Crippen molar-refractivity contribution in [2.24, 2.45) is 0 Å². The van der Waals surface area contributed by atoms with Crippen LogP contribution >= 0.6 is 15.9 Å². The molecule has 0 spiro atoms. The number of ether oxygens (including phenoxy) is 1. The number of nitrogens with one attached hydrogen (secondary N) is 1. The maximum Gasteiger partial charge on any atom is 0.307 e. The molecule has 17 heavy (non-hydrogen) atoms. The van der Waals surface area contributed by atoms with Crippen LogP contribution in [0.2, 0.25) is 0 Å². The van der Waals surface area contributed by atoms with Crippen molar-refractivity contribution in [3.8, 4) is 0 Å². The van der Waals surface area contributed by atoms with Gasteiger partial charge in [0, 0.05) is 16.6 Å². The summed E-state index contributed by atoms with van der Waals surface area (Å²) in [6.07, 6.45) is 0.188. The molecule has 0 saturated heterocycles. The zero-order valence-corrected chi connectivity index (χ0v) is 11.1. The highest BCUT2D eigenvalue weighted by molar-refractivity contribution is 9.10. The van der Waals surface area contributed by atoms with Crippen LogP contribution in [0.25, 0.3) is 0 Å². The molecule has 0 saturated carbocycles. The van der Waals surface area contributed by atoms with Gasteiger partial charge in [-0.2, -0.15) is 0 Å². The summed E-state index contributed by atoms with van der Waals surface area (Å²) in [5, 5.41) is 2.65. The number of halogens is 1. The second-order valence-electron chi connectivity index (χ2n) is 3.32. The summed E-state index contributed by atoms with van der Waals surface area (Å²) in [6.45, 7) is 2.39. The predicted octanol–water partition coefficient (Wildman–Crippen LogP) is 2.13. The van der Waals surface area contributed by atoms with Gasteiger partial charge in [0.25, 0.3) is 5.91 Å². The van der Waals surface area contributed by atoms with Gasteiger partial charge in [0.1, 0.15) is 0 Å². The Kier molecular flexibility index (Phi) is 5.69. The van der Waals surface area contributed by atoms with Crippen molar-refractivity contribution < 1.29 is 14.3 Å². The molecule has 5 heteroatoms. The monoisotopic (exact) mass is 299 g/mol. The van der Waals surface area contributed by atoms with Gasteiger partial charge in [0.2, 0.25) is 0 Å². The van der Waals surface area contributed by atoms with Gasteiger partial charge in [0.05, 0.1) is 13.0 Å². The van der Waals surface area contributed by atoms with Gasteiger partial charge in [-0.1, -0.05) is 22.0 Å². The van der Waals surface area contributed by atoms with Gasteiger partial charge in [-0.3, -0.25) is 9.59 Å². The smallest absolute Gasteiger partial charge is 0.307 e. The third kappa shape index (κ3) is 4.99. The van der Waals surface area contributed by atoms with Crippen molar-refractivity contribution in [2.45, 2.75) is 13.3 Å². The Morgan fingerprint density at radius 1 is 1.41 bits per heavy atom. The minimum atomic E-state index is -0.304. The normalized spacial score (nSPS) is 9.76. The lowest BCUT2D eigenvalue weighted by Gasteiger charge is -2.05. The van der Waals surface area contributed by atoms with Crippen LogP contribution in [0.1, 0.15) is 23.7 Å². The Balaban J connectivity index is 2.38. The Labute approximate surface area is 108 Å². The fourth-order valence-corrected chi connectivity index (χ4v) is 1.64. The molecule has 0 aromatic heterocycles. The van der Waals surface area contributed by atoms with E-state index in [-0.39, 0.29) is 24.8 Å². The molecule has 0 aliphatic heterocycles. The summed E-state index contributed by atoms with van der Waals surface area (Å²) < 4.78 is 5.59. The van der Waals surface area contributed by atoms with Crippen LogP contribution in [-0.2, 0) is 9.53 Å². The second kappa shape index (κ2) is 7.06. The highest BCUT2D eigenvalue weighted by atomic mass is 79.9. The summed E-state index contributed by atoms with van der Waals surface area (Å²) >= 11 is 3.29. The second-order valence-corrected chi connectivity index (χ2v) is 4.24. The zero-order valence-electron chi connectivity index (χ0n) is 9.53. The summed E-state index contributed by atoms with van der Waals surface area (Å²) in [7, 11) is 0. The molecular weight excluding hydrogens is 286 g/mol. The van der Waals surface area contributed by atoms with E-state index in [0.29, 0.717) is 12.2 Å². The zero-order chi connectivity index (χ0) is 12.7. The molecule has 92 valence electrons. The number of esters is 1. The first-order valence-electron chi connectivity index (χ1n) is 5.33. The molecule has 1 aromatic carbocycles. The maximum absolute atomic E-state index is 11.7. The third-order valence-corrected chi connectivity index (χ3v) is 2.50. The standard InChI is InChI=1S/C12H14BrNO3/c1-2-17-11(15)6-7-14-12(16)9-4-3-5-10(13)8-9/h3-5,8H,2,6-7H2,1H3,(H,14,16). The third-order valence-electron chi connectivity index (χ3n) is 2.01. The van der Waals surface area contributed by atoms with Crippen molar-refractivity contribution in [2.75, 3.05) is 13.2 Å². The molecule has 4 nitrogen and oxygen atoms in total. The molecule has 1 aromatic rings. The van der Waals surface area contributed by atoms with Crippen LogP contribution < -0.4 is 5.32 Å². The molecule has 0 fully saturated rings. The number of rotatable bonds is 5. The van der Waals surface area contributed by atoms with E-state index in [1.54, 1.807) is 25.1 Å². The van der Waals surface area contributed by atoms with Gasteiger partial charge in [-0.05, 0) is 25.1 Å². The topological polar surface area (TPSA) is 55.4 Å². The van der Waals surface area contributed by atoms with Crippen molar-refractivity contribution in [1.82, 2.24) is 5.32 Å². The van der Waals surface area contributed by atoms with E-state index in [9.17, 15) is 9.59 Å². The predicted molar refractivity (Wildman–Crippen MR) is 67.7 cm³/mol. The minimum Gasteiger partial charge on any atom is -0.466 e. The number of carbonyl (C=O) groups is 2. The lowest BCUT2D eigenvalue weighted by molar-refractivity contribution is -0.142. The molecule has 0 atom stereocenters. The van der Waals surface area contributed by atoms with Gasteiger partial charge in [-0.15, -0.1) is 0 Å². The van der Waals surface area contributed by atoms with E-state index in [1.807, 2.05) is 6.07 Å². The first-order valence-corrected chi connectivity index (χ1v) is 6.12. The summed E-state index contributed by atoms with van der Waals surface area (Å²) in [5.74, 6) is -0.502. The van der Waals surface area contributed by atoms with Crippen molar-refractivity contribution in [3.05, 3.63) is 34.3 Å². The van der Waals surface area contributed by atoms with E-state index in [2.05, 4.69) is 21.2 Å². The Morgan fingerprint density at radius 2 is 2.18 bits per heavy atom. The SMILES string of the molecule is CCOC(=O)CCNC(=O)c1cccc(Br)c1. The van der Waals surface area contributed by atoms with Crippen molar-refractivity contribution in [1.29, 1.82) is 0 Å². The van der Waals surface area contributed by atoms with Gasteiger partial charge >= 0.3 is 5.97 Å².